The Hall–Kier alpha value is -5.40. The van der Waals surface area contributed by atoms with Gasteiger partial charge in [0.1, 0.15) is 17.5 Å². The molecule has 1 aromatic heterocycles. The van der Waals surface area contributed by atoms with E-state index < -0.39 is 50.9 Å². The number of carbonyl (C=O) groups excluding carboxylic acids is 2. The highest BCUT2D eigenvalue weighted by atomic mass is 32.2. The maximum atomic E-state index is 15.4. The quantitative estimate of drug-likeness (QED) is 0.115. The first-order chi connectivity index (χ1) is 25.2. The average Bonchev–Trinajstić information content (AvgIpc) is 3.10. The maximum absolute atomic E-state index is 15.4. The van der Waals surface area contributed by atoms with E-state index in [1.807, 2.05) is 5.32 Å². The van der Waals surface area contributed by atoms with Crippen molar-refractivity contribution >= 4 is 50.7 Å². The molecule has 4 aromatic rings. The number of amides is 3. The van der Waals surface area contributed by atoms with E-state index in [0.29, 0.717) is 67.1 Å². The van der Waals surface area contributed by atoms with E-state index >= 15 is 4.39 Å². The monoisotopic (exact) mass is 762 g/mol. The van der Waals surface area contributed by atoms with Gasteiger partial charge < -0.3 is 30.7 Å². The van der Waals surface area contributed by atoms with Gasteiger partial charge in [-0.25, -0.2) is 27.6 Å². The molecule has 0 saturated carbocycles. The van der Waals surface area contributed by atoms with E-state index in [-0.39, 0.29) is 23.1 Å². The van der Waals surface area contributed by atoms with Crippen LogP contribution in [0.3, 0.4) is 0 Å². The number of aromatic nitrogens is 2. The summed E-state index contributed by atoms with van der Waals surface area (Å²) in [6.07, 6.45) is -2.96. The van der Waals surface area contributed by atoms with Gasteiger partial charge in [0.05, 0.1) is 46.5 Å². The highest BCUT2D eigenvalue weighted by molar-refractivity contribution is 7.93. The number of anilines is 5. The zero-order chi connectivity index (χ0) is 38.2. The van der Waals surface area contributed by atoms with E-state index in [1.54, 1.807) is 25.1 Å². The summed E-state index contributed by atoms with van der Waals surface area (Å²) in [4.78, 5) is 35.8. The van der Waals surface area contributed by atoms with Crippen LogP contribution in [0.25, 0.3) is 11.1 Å². The summed E-state index contributed by atoms with van der Waals surface area (Å²) in [5.41, 5.74) is -1.11. The SMILES string of the molecule is CCOC(=O)N=S(C)(=O)c1cccc(Nc2ncc(-c3ccc(NC(=O)Nc4cc(C(F)(F)F)ccc4F)c(F)c3)c(NCCN3CCOCC3)n2)c1. The van der Waals surface area contributed by atoms with Crippen LogP contribution in [0.1, 0.15) is 12.5 Å². The molecule has 1 aliphatic rings. The molecular formula is C34H35F5N8O5S. The smallest absolute Gasteiger partial charge is 0.442 e. The van der Waals surface area contributed by atoms with E-state index in [4.69, 9.17) is 9.47 Å². The molecule has 282 valence electrons. The Balaban J connectivity index is 1.37. The molecule has 2 heterocycles. The van der Waals surface area contributed by atoms with Gasteiger partial charge in [-0.15, -0.1) is 4.36 Å². The Morgan fingerprint density at radius 1 is 1.00 bits per heavy atom. The molecule has 0 spiro atoms. The molecule has 0 aliphatic carbocycles. The predicted molar refractivity (Wildman–Crippen MR) is 189 cm³/mol. The van der Waals surface area contributed by atoms with Gasteiger partial charge in [0.15, 0.2) is 0 Å². The predicted octanol–water partition coefficient (Wildman–Crippen LogP) is 7.19. The van der Waals surface area contributed by atoms with Crippen molar-refractivity contribution in [1.29, 1.82) is 0 Å². The number of urea groups is 1. The number of halogens is 5. The molecule has 1 unspecified atom stereocenters. The fraction of sp³-hybridized carbons (Fsp3) is 0.294. The molecule has 1 aliphatic heterocycles. The van der Waals surface area contributed by atoms with Crippen molar-refractivity contribution in [3.05, 3.63) is 84.1 Å². The molecule has 5 rings (SSSR count). The van der Waals surface area contributed by atoms with Crippen LogP contribution in [0.2, 0.25) is 0 Å². The summed E-state index contributed by atoms with van der Waals surface area (Å²) in [5, 5.41) is 10.5. The lowest BCUT2D eigenvalue weighted by molar-refractivity contribution is -0.137. The Labute approximate surface area is 301 Å². The molecule has 1 atom stereocenters. The number of morpholine rings is 1. The van der Waals surface area contributed by atoms with Gasteiger partial charge in [0.2, 0.25) is 5.95 Å². The molecule has 3 aromatic carbocycles. The number of ether oxygens (including phenoxy) is 2. The van der Waals surface area contributed by atoms with Gasteiger partial charge in [-0.05, 0) is 61.0 Å². The molecular weight excluding hydrogens is 727 g/mol. The van der Waals surface area contributed by atoms with Crippen molar-refractivity contribution in [2.75, 3.05) is 73.5 Å². The van der Waals surface area contributed by atoms with Gasteiger partial charge in [0.25, 0.3) is 0 Å². The van der Waals surface area contributed by atoms with Crippen LogP contribution in [-0.4, -0.2) is 83.5 Å². The fourth-order valence-corrected chi connectivity index (χ4v) is 6.21. The molecule has 3 amide bonds. The Bertz CT molecular complexity index is 2090. The molecule has 4 N–H and O–H groups in total. The molecule has 1 fully saturated rings. The largest absolute Gasteiger partial charge is 0.448 e. The zero-order valence-electron chi connectivity index (χ0n) is 28.4. The fourth-order valence-electron chi connectivity index (χ4n) is 5.09. The average molecular weight is 763 g/mol. The zero-order valence-corrected chi connectivity index (χ0v) is 29.2. The second kappa shape index (κ2) is 17.0. The lowest BCUT2D eigenvalue weighted by Crippen LogP contribution is -2.39. The second-order valence-corrected chi connectivity index (χ2v) is 13.8. The molecule has 19 heteroatoms. The van der Waals surface area contributed by atoms with Crippen molar-refractivity contribution in [3.8, 4) is 11.1 Å². The minimum absolute atomic E-state index is 0.0785. The molecule has 1 saturated heterocycles. The number of alkyl halides is 3. The summed E-state index contributed by atoms with van der Waals surface area (Å²) in [5.74, 6) is -1.57. The number of nitrogens with zero attached hydrogens (tertiary/aromatic N) is 4. The van der Waals surface area contributed by atoms with Crippen LogP contribution in [0.5, 0.6) is 0 Å². The van der Waals surface area contributed by atoms with Crippen LogP contribution in [0, 0.1) is 11.6 Å². The minimum atomic E-state index is -4.77. The second-order valence-electron chi connectivity index (χ2n) is 11.5. The van der Waals surface area contributed by atoms with E-state index in [1.165, 1.54) is 30.7 Å². The van der Waals surface area contributed by atoms with Gasteiger partial charge in [-0.2, -0.15) is 18.2 Å². The van der Waals surface area contributed by atoms with E-state index in [0.717, 1.165) is 19.2 Å². The van der Waals surface area contributed by atoms with Crippen LogP contribution >= 0.6 is 0 Å². The first-order valence-electron chi connectivity index (χ1n) is 16.1. The molecule has 0 bridgehead atoms. The topological polar surface area (TPSA) is 159 Å². The lowest BCUT2D eigenvalue weighted by atomic mass is 10.1. The third-order valence-corrected chi connectivity index (χ3v) is 9.35. The number of carbonyl (C=O) groups is 2. The third kappa shape index (κ3) is 10.6. The summed E-state index contributed by atoms with van der Waals surface area (Å²) in [6, 6.07) is 10.5. The normalized spacial score (nSPS) is 14.5. The van der Waals surface area contributed by atoms with Gasteiger partial charge >= 0.3 is 18.3 Å². The summed E-state index contributed by atoms with van der Waals surface area (Å²) in [6.45, 7) is 5.49. The number of nitrogens with one attached hydrogen (secondary N) is 4. The Kier molecular flexibility index (Phi) is 12.4. The van der Waals surface area contributed by atoms with Crippen LogP contribution in [0.4, 0.5) is 60.4 Å². The Morgan fingerprint density at radius 2 is 1.75 bits per heavy atom. The Morgan fingerprint density at radius 3 is 2.47 bits per heavy atom. The number of hydrogen-bond donors (Lipinski definition) is 4. The highest BCUT2D eigenvalue weighted by Crippen LogP contribution is 2.33. The molecule has 0 radical (unpaired) electrons. The molecule has 53 heavy (non-hydrogen) atoms. The lowest BCUT2D eigenvalue weighted by Gasteiger charge is -2.26. The van der Waals surface area contributed by atoms with Crippen LogP contribution in [0.15, 0.2) is 76.1 Å². The first-order valence-corrected chi connectivity index (χ1v) is 18.1. The summed E-state index contributed by atoms with van der Waals surface area (Å²) < 4.78 is 95.8. The minimum Gasteiger partial charge on any atom is -0.448 e. The maximum Gasteiger partial charge on any atom is 0.442 e. The third-order valence-electron chi connectivity index (χ3n) is 7.73. The van der Waals surface area contributed by atoms with Crippen LogP contribution in [-0.2, 0) is 25.4 Å². The summed E-state index contributed by atoms with van der Waals surface area (Å²) in [7, 11) is -3.14. The van der Waals surface area contributed by atoms with E-state index in [2.05, 4.69) is 35.2 Å². The summed E-state index contributed by atoms with van der Waals surface area (Å²) >= 11 is 0. The van der Waals surface area contributed by atoms with Crippen molar-refractivity contribution in [2.24, 2.45) is 4.36 Å². The molecule has 13 nitrogen and oxygen atoms in total. The first kappa shape index (κ1) is 38.8. The van der Waals surface area contributed by atoms with Gasteiger partial charge in [-0.1, -0.05) is 12.1 Å². The highest BCUT2D eigenvalue weighted by Gasteiger charge is 2.31. The van der Waals surface area contributed by atoms with Gasteiger partial charge in [0, 0.05) is 54.8 Å². The van der Waals surface area contributed by atoms with Crippen molar-refractivity contribution in [2.45, 2.75) is 18.0 Å². The van der Waals surface area contributed by atoms with Crippen LogP contribution < -0.4 is 21.3 Å². The van der Waals surface area contributed by atoms with Crippen molar-refractivity contribution < 1.29 is 45.2 Å². The number of hydrogen-bond acceptors (Lipinski definition) is 10. The number of rotatable bonds is 11. The van der Waals surface area contributed by atoms with Gasteiger partial charge in [-0.3, -0.25) is 4.90 Å². The van der Waals surface area contributed by atoms with Crippen molar-refractivity contribution in [1.82, 2.24) is 14.9 Å². The standard InChI is InChI=1S/C34H35F5N8O5S/c1-3-52-33(49)46-53(2,50)24-6-4-5-23(19-24)42-31-41-20-25(30(45-31)40-11-12-47-13-15-51-16-14-47)21-7-10-28(27(36)17-21)43-32(48)44-29-18-22(34(37,38)39)8-9-26(29)35/h4-10,17-20H,3,11-16H2,1-2H3,(H2,43,44,48)(H2,40,41,42,45). The van der Waals surface area contributed by atoms with Crippen molar-refractivity contribution in [3.63, 3.8) is 0 Å². The van der Waals surface area contributed by atoms with E-state index in [9.17, 15) is 31.4 Å². The number of benzene rings is 3.